The van der Waals surface area contributed by atoms with Crippen LogP contribution in [0.25, 0.3) is 0 Å². The lowest BCUT2D eigenvalue weighted by Crippen LogP contribution is -2.08. The van der Waals surface area contributed by atoms with E-state index in [0.29, 0.717) is 12.0 Å². The summed E-state index contributed by atoms with van der Waals surface area (Å²) in [6, 6.07) is 14.9. The zero-order valence-corrected chi connectivity index (χ0v) is 13.0. The molecule has 2 aromatic carbocycles. The number of rotatable bonds is 4. The topological polar surface area (TPSA) is 0 Å². The highest BCUT2D eigenvalue weighted by Gasteiger charge is 2.18. The highest BCUT2D eigenvalue weighted by molar-refractivity contribution is 9.10. The maximum Gasteiger partial charge on any atom is 0.126 e. The minimum Gasteiger partial charge on any atom is -0.207 e. The summed E-state index contributed by atoms with van der Waals surface area (Å²) in [6.07, 6.45) is 0.619. The van der Waals surface area contributed by atoms with Crippen molar-refractivity contribution in [3.63, 3.8) is 0 Å². The van der Waals surface area contributed by atoms with Gasteiger partial charge in [0.25, 0.3) is 0 Å². The molecule has 3 heteroatoms. The van der Waals surface area contributed by atoms with E-state index in [1.807, 2.05) is 43.3 Å². The third kappa shape index (κ3) is 3.80. The van der Waals surface area contributed by atoms with Gasteiger partial charge in [-0.3, -0.25) is 0 Å². The van der Waals surface area contributed by atoms with Gasteiger partial charge in [-0.1, -0.05) is 53.2 Å². The van der Waals surface area contributed by atoms with Gasteiger partial charge in [-0.15, -0.1) is 11.6 Å². The summed E-state index contributed by atoms with van der Waals surface area (Å²) in [5.41, 5.74) is 1.77. The van der Waals surface area contributed by atoms with Crippen molar-refractivity contribution < 1.29 is 4.39 Å². The standard InChI is InChI=1S/C16H15BrClF/c1-11(16(18)12-5-3-2-4-6-12)9-13-10-14(17)7-8-15(13)19/h2-8,10-11,16H,9H2,1H3. The molecule has 0 N–H and O–H groups in total. The average Bonchev–Trinajstić information content (AvgIpc) is 2.43. The Morgan fingerprint density at radius 2 is 1.84 bits per heavy atom. The molecule has 0 saturated heterocycles. The van der Waals surface area contributed by atoms with Crippen molar-refractivity contribution in [3.05, 3.63) is 69.9 Å². The van der Waals surface area contributed by atoms with Crippen LogP contribution in [0.5, 0.6) is 0 Å². The summed E-state index contributed by atoms with van der Waals surface area (Å²) >= 11 is 9.83. The van der Waals surface area contributed by atoms with Crippen LogP contribution < -0.4 is 0 Å². The Labute approximate surface area is 126 Å². The SMILES string of the molecule is CC(Cc1cc(Br)ccc1F)C(Cl)c1ccccc1. The van der Waals surface area contributed by atoms with Crippen LogP contribution in [0.1, 0.15) is 23.4 Å². The molecule has 0 aliphatic heterocycles. The predicted molar refractivity (Wildman–Crippen MR) is 82.0 cm³/mol. The lowest BCUT2D eigenvalue weighted by atomic mass is 9.93. The third-order valence-corrected chi connectivity index (χ3v) is 4.34. The van der Waals surface area contributed by atoms with Crippen molar-refractivity contribution in [2.24, 2.45) is 5.92 Å². The fraction of sp³-hybridized carbons (Fsp3) is 0.250. The molecule has 0 aliphatic carbocycles. The molecule has 0 aliphatic rings. The van der Waals surface area contributed by atoms with Crippen LogP contribution in [0.3, 0.4) is 0 Å². The van der Waals surface area contributed by atoms with Crippen molar-refractivity contribution in [1.82, 2.24) is 0 Å². The van der Waals surface area contributed by atoms with Crippen LogP contribution in [0.2, 0.25) is 0 Å². The lowest BCUT2D eigenvalue weighted by molar-refractivity contribution is 0.529. The number of alkyl halides is 1. The smallest absolute Gasteiger partial charge is 0.126 e. The monoisotopic (exact) mass is 340 g/mol. The van der Waals surface area contributed by atoms with E-state index in [9.17, 15) is 4.39 Å². The fourth-order valence-electron chi connectivity index (χ4n) is 2.12. The molecule has 2 unspecified atom stereocenters. The number of benzene rings is 2. The van der Waals surface area contributed by atoms with Gasteiger partial charge in [-0.25, -0.2) is 4.39 Å². The predicted octanol–water partition coefficient (Wildman–Crippen LogP) is 5.75. The first kappa shape index (κ1) is 14.5. The van der Waals surface area contributed by atoms with E-state index in [2.05, 4.69) is 15.9 Å². The molecular weight excluding hydrogens is 327 g/mol. The Morgan fingerprint density at radius 3 is 2.53 bits per heavy atom. The normalized spacial score (nSPS) is 14.1. The van der Waals surface area contributed by atoms with Crippen LogP contribution in [-0.4, -0.2) is 0 Å². The van der Waals surface area contributed by atoms with Gasteiger partial charge in [0.15, 0.2) is 0 Å². The number of hydrogen-bond acceptors (Lipinski definition) is 0. The van der Waals surface area contributed by atoms with Gasteiger partial charge in [-0.2, -0.15) is 0 Å². The molecule has 0 amide bonds. The Balaban J connectivity index is 2.12. The highest BCUT2D eigenvalue weighted by Crippen LogP contribution is 2.32. The van der Waals surface area contributed by atoms with E-state index in [4.69, 9.17) is 11.6 Å². The number of hydrogen-bond donors (Lipinski definition) is 0. The molecule has 0 nitrogen and oxygen atoms in total. The van der Waals surface area contributed by atoms with E-state index >= 15 is 0 Å². The second kappa shape index (κ2) is 6.53. The van der Waals surface area contributed by atoms with Gasteiger partial charge < -0.3 is 0 Å². The quantitative estimate of drug-likeness (QED) is 0.621. The molecule has 2 atom stereocenters. The second-order valence-corrected chi connectivity index (χ2v) is 6.12. The molecule has 0 fully saturated rings. The molecule has 2 rings (SSSR count). The van der Waals surface area contributed by atoms with E-state index in [-0.39, 0.29) is 17.1 Å². The maximum absolute atomic E-state index is 13.7. The van der Waals surface area contributed by atoms with Crippen LogP contribution >= 0.6 is 27.5 Å². The van der Waals surface area contributed by atoms with Crippen LogP contribution in [0, 0.1) is 11.7 Å². The van der Waals surface area contributed by atoms with Crippen LogP contribution in [0.15, 0.2) is 53.0 Å². The van der Waals surface area contributed by atoms with Gasteiger partial charge >= 0.3 is 0 Å². The molecule has 0 spiro atoms. The van der Waals surface area contributed by atoms with Crippen molar-refractivity contribution in [2.75, 3.05) is 0 Å². The fourth-order valence-corrected chi connectivity index (χ4v) is 2.76. The summed E-state index contributed by atoms with van der Waals surface area (Å²) in [5.74, 6) is -0.0140. The first-order valence-corrected chi connectivity index (χ1v) is 7.44. The maximum atomic E-state index is 13.7. The van der Waals surface area contributed by atoms with Crippen molar-refractivity contribution >= 4 is 27.5 Å². The van der Waals surface area contributed by atoms with E-state index < -0.39 is 0 Å². The average molecular weight is 342 g/mol. The summed E-state index contributed by atoms with van der Waals surface area (Å²) in [5, 5.41) is -0.111. The van der Waals surface area contributed by atoms with Gasteiger partial charge in [0.2, 0.25) is 0 Å². The summed E-state index contributed by atoms with van der Waals surface area (Å²) in [6.45, 7) is 2.05. The summed E-state index contributed by atoms with van der Waals surface area (Å²) < 4.78 is 14.6. The molecule has 0 radical (unpaired) electrons. The first-order chi connectivity index (χ1) is 9.08. The van der Waals surface area contributed by atoms with Crippen molar-refractivity contribution in [2.45, 2.75) is 18.7 Å². The Hall–Kier alpha value is -0.860. The molecule has 19 heavy (non-hydrogen) atoms. The first-order valence-electron chi connectivity index (χ1n) is 6.21. The van der Waals surface area contributed by atoms with Gasteiger partial charge in [0, 0.05) is 4.47 Å². The van der Waals surface area contributed by atoms with E-state index in [1.54, 1.807) is 6.07 Å². The Morgan fingerprint density at radius 1 is 1.16 bits per heavy atom. The minimum atomic E-state index is -0.174. The Bertz CT molecular complexity index is 542. The zero-order chi connectivity index (χ0) is 13.8. The van der Waals surface area contributed by atoms with E-state index in [1.165, 1.54) is 6.07 Å². The molecule has 0 aromatic heterocycles. The lowest BCUT2D eigenvalue weighted by Gasteiger charge is -2.19. The molecule has 0 bridgehead atoms. The zero-order valence-electron chi connectivity index (χ0n) is 10.6. The summed E-state index contributed by atoms with van der Waals surface area (Å²) in [4.78, 5) is 0. The number of halogens is 3. The summed E-state index contributed by atoms with van der Waals surface area (Å²) in [7, 11) is 0. The molecular formula is C16H15BrClF. The third-order valence-electron chi connectivity index (χ3n) is 3.17. The van der Waals surface area contributed by atoms with Crippen molar-refractivity contribution in [3.8, 4) is 0 Å². The second-order valence-electron chi connectivity index (χ2n) is 4.73. The van der Waals surface area contributed by atoms with Crippen LogP contribution in [-0.2, 0) is 6.42 Å². The Kier molecular flexibility index (Phi) is 5.00. The molecule has 0 saturated carbocycles. The van der Waals surface area contributed by atoms with Crippen molar-refractivity contribution in [1.29, 1.82) is 0 Å². The highest BCUT2D eigenvalue weighted by atomic mass is 79.9. The van der Waals surface area contributed by atoms with Gasteiger partial charge in [0.1, 0.15) is 5.82 Å². The largest absolute Gasteiger partial charge is 0.207 e. The van der Waals surface area contributed by atoms with E-state index in [0.717, 1.165) is 10.0 Å². The van der Waals surface area contributed by atoms with Crippen LogP contribution in [0.4, 0.5) is 4.39 Å². The van der Waals surface area contributed by atoms with Gasteiger partial charge in [0.05, 0.1) is 5.38 Å². The molecule has 100 valence electrons. The molecule has 2 aromatic rings. The molecule has 0 heterocycles. The van der Waals surface area contributed by atoms with Gasteiger partial charge in [-0.05, 0) is 41.7 Å². The minimum absolute atomic E-state index is 0.111.